The molecular formula is C45H42N2. The van der Waals surface area contributed by atoms with E-state index in [1.165, 1.54) is 61.2 Å². The number of anilines is 5. The number of rotatable bonds is 7. The molecule has 0 aliphatic heterocycles. The third kappa shape index (κ3) is 6.28. The van der Waals surface area contributed by atoms with Gasteiger partial charge in [-0.05, 0) is 110 Å². The normalized spacial score (nSPS) is 11.6. The maximum atomic E-state index is 4.06. The first-order chi connectivity index (χ1) is 22.8. The van der Waals surface area contributed by atoms with Gasteiger partial charge in [0.2, 0.25) is 0 Å². The van der Waals surface area contributed by atoms with E-state index in [1.54, 1.807) is 0 Å². The molecule has 7 rings (SSSR count). The average Bonchev–Trinajstić information content (AvgIpc) is 3.42. The highest BCUT2D eigenvalue weighted by Gasteiger charge is 2.24. The molecule has 232 valence electrons. The van der Waals surface area contributed by atoms with Crippen LogP contribution < -0.4 is 9.80 Å². The largest absolute Gasteiger partial charge is 0.345 e. The summed E-state index contributed by atoms with van der Waals surface area (Å²) in [5.41, 5.74) is 15.8. The van der Waals surface area contributed by atoms with Gasteiger partial charge in [0, 0.05) is 35.2 Å². The molecule has 0 amide bonds. The predicted molar refractivity (Wildman–Crippen MR) is 206 cm³/mol. The first-order valence-corrected chi connectivity index (χ1v) is 16.1. The van der Waals surface area contributed by atoms with Gasteiger partial charge in [-0.1, -0.05) is 120 Å². The van der Waals surface area contributed by atoms with E-state index in [-0.39, 0.29) is 0 Å². The summed E-state index contributed by atoms with van der Waals surface area (Å²) in [6, 6.07) is 45.6. The molecule has 2 heteroatoms. The Morgan fingerprint density at radius 1 is 0.447 bits per heavy atom. The summed E-state index contributed by atoms with van der Waals surface area (Å²) in [7, 11) is 2.09. The molecule has 6 aromatic rings. The number of hydrogen-bond donors (Lipinski definition) is 0. The first-order valence-electron chi connectivity index (χ1n) is 16.1. The van der Waals surface area contributed by atoms with Crippen molar-refractivity contribution in [1.29, 1.82) is 0 Å². The van der Waals surface area contributed by atoms with Crippen LogP contribution >= 0.6 is 0 Å². The topological polar surface area (TPSA) is 6.48 Å². The number of aryl methyl sites for hydroxylation is 4. The van der Waals surface area contributed by atoms with E-state index < -0.39 is 0 Å². The zero-order valence-corrected chi connectivity index (χ0v) is 28.1. The molecule has 0 aromatic heterocycles. The highest BCUT2D eigenvalue weighted by atomic mass is 15.1. The molecular weight excluding hydrogens is 569 g/mol. The molecule has 0 heterocycles. The van der Waals surface area contributed by atoms with Gasteiger partial charge in [0.1, 0.15) is 0 Å². The lowest BCUT2D eigenvalue weighted by molar-refractivity contribution is 1.20. The van der Waals surface area contributed by atoms with Crippen molar-refractivity contribution in [2.24, 2.45) is 0 Å². The zero-order chi connectivity index (χ0) is 33.1. The SMILES string of the molecule is C=CC1=C(C=C)c2ccc(N(c3ccc(C)cc3)c3ccc(C)cc3)c3cccc1c23.Cc1ccc(N(C)c2ccc(C)cc2)cc1. The summed E-state index contributed by atoms with van der Waals surface area (Å²) in [6.07, 6.45) is 3.90. The fraction of sp³-hybridized carbons (Fsp3) is 0.111. The lowest BCUT2D eigenvalue weighted by Gasteiger charge is -2.27. The van der Waals surface area contributed by atoms with Crippen molar-refractivity contribution in [3.63, 3.8) is 0 Å². The molecule has 0 fully saturated rings. The van der Waals surface area contributed by atoms with Crippen LogP contribution in [0.15, 0.2) is 153 Å². The van der Waals surface area contributed by atoms with E-state index in [4.69, 9.17) is 0 Å². The van der Waals surface area contributed by atoms with Crippen LogP contribution in [0.5, 0.6) is 0 Å². The molecule has 0 bridgehead atoms. The minimum Gasteiger partial charge on any atom is -0.345 e. The number of nitrogens with zero attached hydrogens (tertiary/aromatic N) is 2. The van der Waals surface area contributed by atoms with E-state index in [2.05, 4.69) is 185 Å². The molecule has 47 heavy (non-hydrogen) atoms. The van der Waals surface area contributed by atoms with Gasteiger partial charge in [-0.2, -0.15) is 0 Å². The van der Waals surface area contributed by atoms with Gasteiger partial charge in [-0.25, -0.2) is 0 Å². The van der Waals surface area contributed by atoms with Crippen LogP contribution in [0.3, 0.4) is 0 Å². The van der Waals surface area contributed by atoms with Crippen LogP contribution in [0, 0.1) is 27.7 Å². The van der Waals surface area contributed by atoms with E-state index in [1.807, 2.05) is 12.2 Å². The van der Waals surface area contributed by atoms with Crippen molar-refractivity contribution < 1.29 is 0 Å². The minimum atomic E-state index is 1.15. The standard InChI is InChI=1S/C30H25N.C15H17N/c1-5-24-25(6-2)27-18-19-29(28-9-7-8-26(24)30(27)28)31(22-14-10-20(3)11-15-22)23-16-12-21(4)13-17-23;1-12-4-8-14(9-5-12)16(3)15-10-6-13(2)7-11-15/h5-19H,1-2H2,3-4H3;4-11H,1-3H3. The van der Waals surface area contributed by atoms with Crippen LogP contribution in [0.1, 0.15) is 33.4 Å². The molecule has 0 spiro atoms. The van der Waals surface area contributed by atoms with E-state index >= 15 is 0 Å². The van der Waals surface area contributed by atoms with Gasteiger partial charge < -0.3 is 9.80 Å². The summed E-state index contributed by atoms with van der Waals surface area (Å²) < 4.78 is 0. The third-order valence-corrected chi connectivity index (χ3v) is 8.96. The fourth-order valence-corrected chi connectivity index (χ4v) is 6.27. The van der Waals surface area contributed by atoms with Crippen LogP contribution in [-0.2, 0) is 0 Å². The van der Waals surface area contributed by atoms with Gasteiger partial charge in [0.25, 0.3) is 0 Å². The van der Waals surface area contributed by atoms with Crippen molar-refractivity contribution in [3.05, 3.63) is 186 Å². The van der Waals surface area contributed by atoms with Crippen molar-refractivity contribution in [1.82, 2.24) is 0 Å². The Labute approximate surface area is 280 Å². The van der Waals surface area contributed by atoms with E-state index in [0.717, 1.165) is 22.5 Å². The van der Waals surface area contributed by atoms with E-state index in [0.29, 0.717) is 0 Å². The Hall–Kier alpha value is -5.60. The van der Waals surface area contributed by atoms with Crippen molar-refractivity contribution in [2.45, 2.75) is 27.7 Å². The zero-order valence-electron chi connectivity index (χ0n) is 28.1. The fourth-order valence-electron chi connectivity index (χ4n) is 6.27. The molecule has 2 nitrogen and oxygen atoms in total. The molecule has 0 N–H and O–H groups in total. The van der Waals surface area contributed by atoms with Crippen LogP contribution in [-0.4, -0.2) is 7.05 Å². The summed E-state index contributed by atoms with van der Waals surface area (Å²) in [5, 5.41) is 2.50. The maximum Gasteiger partial charge on any atom is 0.0540 e. The van der Waals surface area contributed by atoms with Gasteiger partial charge in [0.15, 0.2) is 0 Å². The predicted octanol–water partition coefficient (Wildman–Crippen LogP) is 12.6. The summed E-state index contributed by atoms with van der Waals surface area (Å²) in [4.78, 5) is 4.54. The van der Waals surface area contributed by atoms with Gasteiger partial charge >= 0.3 is 0 Å². The second-order valence-electron chi connectivity index (χ2n) is 12.3. The molecule has 0 radical (unpaired) electrons. The van der Waals surface area contributed by atoms with Gasteiger partial charge in [0.05, 0.1) is 5.69 Å². The quantitative estimate of drug-likeness (QED) is 0.177. The Bertz CT molecular complexity index is 1960. The molecule has 0 saturated heterocycles. The summed E-state index contributed by atoms with van der Waals surface area (Å²) >= 11 is 0. The molecule has 1 aliphatic rings. The van der Waals surface area contributed by atoms with Crippen LogP contribution in [0.4, 0.5) is 28.4 Å². The van der Waals surface area contributed by atoms with Gasteiger partial charge in [-0.3, -0.25) is 0 Å². The monoisotopic (exact) mass is 610 g/mol. The third-order valence-electron chi connectivity index (χ3n) is 8.96. The minimum absolute atomic E-state index is 1.15. The lowest BCUT2D eigenvalue weighted by Crippen LogP contribution is -2.10. The molecule has 0 atom stereocenters. The highest BCUT2D eigenvalue weighted by molar-refractivity contribution is 6.20. The Morgan fingerprint density at radius 3 is 1.23 bits per heavy atom. The first kappa shape index (κ1) is 31.4. The van der Waals surface area contributed by atoms with E-state index in [9.17, 15) is 0 Å². The number of benzene rings is 6. The maximum absolute atomic E-state index is 4.06. The molecule has 1 aliphatic carbocycles. The van der Waals surface area contributed by atoms with Crippen LogP contribution in [0.2, 0.25) is 0 Å². The number of hydrogen-bond acceptors (Lipinski definition) is 2. The molecule has 0 saturated carbocycles. The second-order valence-corrected chi connectivity index (χ2v) is 12.3. The Balaban J connectivity index is 0.000000203. The summed E-state index contributed by atoms with van der Waals surface area (Å²) in [6.45, 7) is 16.6. The number of allylic oxidation sites excluding steroid dienone is 4. The Morgan fingerprint density at radius 2 is 0.830 bits per heavy atom. The summed E-state index contributed by atoms with van der Waals surface area (Å²) in [5.74, 6) is 0. The highest BCUT2D eigenvalue weighted by Crippen LogP contribution is 2.48. The van der Waals surface area contributed by atoms with Gasteiger partial charge in [-0.15, -0.1) is 0 Å². The second kappa shape index (κ2) is 13.4. The Kier molecular flexibility index (Phi) is 8.95. The molecule has 6 aromatic carbocycles. The van der Waals surface area contributed by atoms with Crippen LogP contribution in [0.25, 0.3) is 21.9 Å². The lowest BCUT2D eigenvalue weighted by atomic mass is 9.99. The average molecular weight is 611 g/mol. The van der Waals surface area contributed by atoms with Crippen molar-refractivity contribution in [3.8, 4) is 0 Å². The molecule has 0 unspecified atom stereocenters. The smallest absolute Gasteiger partial charge is 0.0540 e. The van der Waals surface area contributed by atoms with Crippen molar-refractivity contribution >= 4 is 50.4 Å². The van der Waals surface area contributed by atoms with Crippen molar-refractivity contribution in [2.75, 3.05) is 16.8 Å².